The van der Waals surface area contributed by atoms with E-state index in [1.807, 2.05) is 6.07 Å². The molecule has 3 nitrogen and oxygen atoms in total. The number of benzene rings is 2. The van der Waals surface area contributed by atoms with Crippen molar-refractivity contribution in [1.29, 1.82) is 0 Å². The minimum Gasteiger partial charge on any atom is -0.508 e. The summed E-state index contributed by atoms with van der Waals surface area (Å²) in [6, 6.07) is 11.5. The van der Waals surface area contributed by atoms with E-state index in [1.54, 1.807) is 35.1 Å². The van der Waals surface area contributed by atoms with Crippen molar-refractivity contribution in [2.75, 3.05) is 0 Å². The Labute approximate surface area is 103 Å². The second-order valence-electron chi connectivity index (χ2n) is 4.18. The zero-order chi connectivity index (χ0) is 12.5. The molecule has 0 aliphatic rings. The molecule has 1 aromatic heterocycles. The van der Waals surface area contributed by atoms with Gasteiger partial charge >= 0.3 is 0 Å². The number of fused-ring (bicyclic) bond motifs is 1. The Morgan fingerprint density at radius 1 is 1.17 bits per heavy atom. The van der Waals surface area contributed by atoms with Crippen LogP contribution in [0.4, 0.5) is 4.39 Å². The van der Waals surface area contributed by atoms with Crippen molar-refractivity contribution in [2.45, 2.75) is 6.54 Å². The normalized spacial score (nSPS) is 10.9. The van der Waals surface area contributed by atoms with Crippen LogP contribution in [0.3, 0.4) is 0 Å². The number of aromatic nitrogens is 2. The Kier molecular flexibility index (Phi) is 2.48. The lowest BCUT2D eigenvalue weighted by atomic mass is 10.2. The molecular weight excluding hydrogens is 231 g/mol. The summed E-state index contributed by atoms with van der Waals surface area (Å²) in [5.41, 5.74) is 1.67. The van der Waals surface area contributed by atoms with E-state index in [-0.39, 0.29) is 11.6 Å². The summed E-state index contributed by atoms with van der Waals surface area (Å²) in [7, 11) is 0. The molecule has 0 aliphatic heterocycles. The van der Waals surface area contributed by atoms with Gasteiger partial charge < -0.3 is 5.11 Å². The molecule has 0 atom stereocenters. The maximum Gasteiger partial charge on any atom is 0.123 e. The van der Waals surface area contributed by atoms with Crippen molar-refractivity contribution >= 4 is 10.9 Å². The van der Waals surface area contributed by atoms with Gasteiger partial charge in [0.25, 0.3) is 0 Å². The van der Waals surface area contributed by atoms with Crippen molar-refractivity contribution in [3.8, 4) is 5.75 Å². The minimum absolute atomic E-state index is 0.198. The van der Waals surface area contributed by atoms with E-state index in [0.29, 0.717) is 6.54 Å². The molecule has 0 saturated heterocycles. The molecule has 0 radical (unpaired) electrons. The highest BCUT2D eigenvalue weighted by Crippen LogP contribution is 2.20. The van der Waals surface area contributed by atoms with Crippen LogP contribution in [-0.4, -0.2) is 14.9 Å². The average molecular weight is 242 g/mol. The predicted octanol–water partition coefficient (Wildman–Crippen LogP) is 2.93. The van der Waals surface area contributed by atoms with Crippen LogP contribution >= 0.6 is 0 Å². The monoisotopic (exact) mass is 242 g/mol. The van der Waals surface area contributed by atoms with Crippen LogP contribution in [0.2, 0.25) is 0 Å². The molecule has 0 spiro atoms. The molecule has 4 heteroatoms. The minimum atomic E-state index is -0.258. The summed E-state index contributed by atoms with van der Waals surface area (Å²) >= 11 is 0. The van der Waals surface area contributed by atoms with Gasteiger partial charge in [0.05, 0.1) is 18.3 Å². The van der Waals surface area contributed by atoms with Gasteiger partial charge in [0, 0.05) is 11.5 Å². The summed E-state index contributed by atoms with van der Waals surface area (Å²) in [5.74, 6) is -0.0599. The van der Waals surface area contributed by atoms with Crippen molar-refractivity contribution < 1.29 is 9.50 Å². The van der Waals surface area contributed by atoms with Crippen LogP contribution in [0.5, 0.6) is 5.75 Å². The summed E-state index contributed by atoms with van der Waals surface area (Å²) in [5, 5.41) is 14.7. The Morgan fingerprint density at radius 3 is 2.89 bits per heavy atom. The smallest absolute Gasteiger partial charge is 0.123 e. The number of aromatic hydroxyl groups is 1. The summed E-state index contributed by atoms with van der Waals surface area (Å²) in [6.07, 6.45) is 1.73. The van der Waals surface area contributed by atoms with Crippen molar-refractivity contribution in [2.24, 2.45) is 0 Å². The van der Waals surface area contributed by atoms with Crippen LogP contribution in [0.15, 0.2) is 48.7 Å². The second kappa shape index (κ2) is 4.14. The number of hydrogen-bond donors (Lipinski definition) is 1. The molecular formula is C14H11FN2O. The van der Waals surface area contributed by atoms with Gasteiger partial charge in [-0.1, -0.05) is 12.1 Å². The highest BCUT2D eigenvalue weighted by molar-refractivity contribution is 5.80. The fourth-order valence-electron chi connectivity index (χ4n) is 1.99. The van der Waals surface area contributed by atoms with Gasteiger partial charge in [-0.2, -0.15) is 5.10 Å². The first-order chi connectivity index (χ1) is 8.72. The number of halogens is 1. The molecule has 18 heavy (non-hydrogen) atoms. The number of nitrogens with zero attached hydrogens (tertiary/aromatic N) is 2. The number of hydrogen-bond acceptors (Lipinski definition) is 2. The zero-order valence-corrected chi connectivity index (χ0v) is 9.55. The van der Waals surface area contributed by atoms with Gasteiger partial charge in [-0.15, -0.1) is 0 Å². The first kappa shape index (κ1) is 10.8. The highest BCUT2D eigenvalue weighted by atomic mass is 19.1. The first-order valence-electron chi connectivity index (χ1n) is 5.61. The summed E-state index contributed by atoms with van der Waals surface area (Å²) < 4.78 is 14.8. The van der Waals surface area contributed by atoms with E-state index in [0.717, 1.165) is 16.5 Å². The molecule has 90 valence electrons. The third-order valence-corrected chi connectivity index (χ3v) is 2.85. The predicted molar refractivity (Wildman–Crippen MR) is 66.9 cm³/mol. The van der Waals surface area contributed by atoms with Crippen molar-refractivity contribution in [3.63, 3.8) is 0 Å². The van der Waals surface area contributed by atoms with Crippen molar-refractivity contribution in [1.82, 2.24) is 9.78 Å². The number of rotatable bonds is 2. The van der Waals surface area contributed by atoms with Gasteiger partial charge in [0.1, 0.15) is 11.6 Å². The van der Waals surface area contributed by atoms with Crippen LogP contribution in [0, 0.1) is 5.82 Å². The van der Waals surface area contributed by atoms with Crippen molar-refractivity contribution in [3.05, 3.63) is 60.0 Å². The Hall–Kier alpha value is -2.36. The molecule has 0 amide bonds. The molecule has 2 aromatic carbocycles. The van der Waals surface area contributed by atoms with Gasteiger partial charge in [0.2, 0.25) is 0 Å². The first-order valence-corrected chi connectivity index (χ1v) is 5.61. The molecule has 3 rings (SSSR count). The molecule has 0 bridgehead atoms. The van der Waals surface area contributed by atoms with E-state index in [4.69, 9.17) is 0 Å². The molecule has 0 unspecified atom stereocenters. The molecule has 3 aromatic rings. The second-order valence-corrected chi connectivity index (χ2v) is 4.18. The summed E-state index contributed by atoms with van der Waals surface area (Å²) in [6.45, 7) is 0.477. The number of phenolic OH excluding ortho intramolecular Hbond substituents is 1. The maximum absolute atomic E-state index is 13.1. The quantitative estimate of drug-likeness (QED) is 0.750. The van der Waals surface area contributed by atoms with Gasteiger partial charge in [0.15, 0.2) is 0 Å². The average Bonchev–Trinajstić information content (AvgIpc) is 2.72. The maximum atomic E-state index is 13.1. The van der Waals surface area contributed by atoms with Crippen LogP contribution in [-0.2, 0) is 6.54 Å². The van der Waals surface area contributed by atoms with E-state index >= 15 is 0 Å². The molecule has 1 N–H and O–H groups in total. The number of phenols is 1. The highest BCUT2D eigenvalue weighted by Gasteiger charge is 2.04. The third-order valence-electron chi connectivity index (χ3n) is 2.85. The Bertz CT molecular complexity index is 706. The van der Waals surface area contributed by atoms with Gasteiger partial charge in [-0.3, -0.25) is 4.68 Å². The van der Waals surface area contributed by atoms with E-state index in [2.05, 4.69) is 5.10 Å². The Morgan fingerprint density at radius 2 is 2.06 bits per heavy atom. The fraction of sp³-hybridized carbons (Fsp3) is 0.0714. The fourth-order valence-corrected chi connectivity index (χ4v) is 1.99. The van der Waals surface area contributed by atoms with E-state index in [9.17, 15) is 9.50 Å². The lowest BCUT2D eigenvalue weighted by Gasteiger charge is -2.04. The van der Waals surface area contributed by atoms with Gasteiger partial charge in [-0.25, -0.2) is 4.39 Å². The lowest BCUT2D eigenvalue weighted by Crippen LogP contribution is -2.01. The molecule has 0 saturated carbocycles. The lowest BCUT2D eigenvalue weighted by molar-refractivity contribution is 0.475. The standard InChI is InChI=1S/C14H11FN2O/c15-12-3-1-2-10(6-12)9-17-14-7-13(18)5-4-11(14)8-16-17/h1-8,18H,9H2. The Balaban J connectivity index is 2.02. The van der Waals surface area contributed by atoms with E-state index in [1.165, 1.54) is 12.1 Å². The van der Waals surface area contributed by atoms with Crippen LogP contribution < -0.4 is 0 Å². The van der Waals surface area contributed by atoms with Gasteiger partial charge in [-0.05, 0) is 29.8 Å². The SMILES string of the molecule is Oc1ccc2cnn(Cc3cccc(F)c3)c2c1. The topological polar surface area (TPSA) is 38.1 Å². The molecule has 0 aliphatic carbocycles. The molecule has 0 fully saturated rings. The third kappa shape index (κ3) is 1.93. The van der Waals surface area contributed by atoms with Crippen LogP contribution in [0.25, 0.3) is 10.9 Å². The zero-order valence-electron chi connectivity index (χ0n) is 9.55. The molecule has 1 heterocycles. The van der Waals surface area contributed by atoms with Crippen LogP contribution in [0.1, 0.15) is 5.56 Å². The van der Waals surface area contributed by atoms with E-state index < -0.39 is 0 Å². The largest absolute Gasteiger partial charge is 0.508 e. The summed E-state index contributed by atoms with van der Waals surface area (Å²) in [4.78, 5) is 0.